The molecule has 0 aliphatic rings. The van der Waals surface area contributed by atoms with Gasteiger partial charge in [0.15, 0.2) is 0 Å². The Bertz CT molecular complexity index is 532. The minimum Gasteiger partial charge on any atom is -0.444 e. The molecule has 0 saturated heterocycles. The molecule has 22 heavy (non-hydrogen) atoms. The maximum absolute atomic E-state index is 11.4. The number of primary amides is 1. The van der Waals surface area contributed by atoms with Crippen LogP contribution in [0.3, 0.4) is 0 Å². The molecule has 0 radical (unpaired) electrons. The van der Waals surface area contributed by atoms with Crippen LogP contribution in [0.4, 0.5) is 4.79 Å². The van der Waals surface area contributed by atoms with Crippen molar-refractivity contribution in [2.45, 2.75) is 32.9 Å². The van der Waals surface area contributed by atoms with Crippen molar-refractivity contribution >= 4 is 23.3 Å². The topological polar surface area (TPSA) is 93.4 Å². The predicted octanol–water partition coefficient (Wildman–Crippen LogP) is 2.02. The molecule has 0 aromatic carbocycles. The van der Waals surface area contributed by atoms with Crippen LogP contribution >= 0.6 is 11.3 Å². The number of nitrogens with one attached hydrogen (secondary N) is 2. The van der Waals surface area contributed by atoms with Crippen molar-refractivity contribution in [1.29, 1.82) is 0 Å². The quantitative estimate of drug-likeness (QED) is 0.528. The maximum atomic E-state index is 11.4. The number of carbonyl (C=O) groups excluding carboxylic acids is 2. The second-order valence-electron chi connectivity index (χ2n) is 5.65. The summed E-state index contributed by atoms with van der Waals surface area (Å²) < 4.78 is 5.11. The predicted molar refractivity (Wildman–Crippen MR) is 87.9 cm³/mol. The largest absolute Gasteiger partial charge is 0.444 e. The highest BCUT2D eigenvalue weighted by Crippen LogP contribution is 2.13. The molecule has 0 saturated carbocycles. The van der Waals surface area contributed by atoms with Gasteiger partial charge in [-0.1, -0.05) is 12.2 Å². The van der Waals surface area contributed by atoms with E-state index in [1.165, 1.54) is 11.3 Å². The molecule has 7 heteroatoms. The summed E-state index contributed by atoms with van der Waals surface area (Å²) in [7, 11) is 0. The standard InChI is InChI=1S/C15H23N3O3S/c1-15(2,3)21-14(20)18-7-5-4-6-17-9-12-8-11(10-22-12)13(16)19/h4-5,8,10,17H,6-7,9H2,1-3H3,(H2,16,19)(H,18,20)/b5-4+. The van der Waals surface area contributed by atoms with E-state index in [2.05, 4.69) is 10.6 Å². The first-order valence-electron chi connectivity index (χ1n) is 6.98. The van der Waals surface area contributed by atoms with Crippen LogP contribution in [0.5, 0.6) is 0 Å². The van der Waals surface area contributed by atoms with E-state index in [0.717, 1.165) is 4.88 Å². The summed E-state index contributed by atoms with van der Waals surface area (Å²) in [5.41, 5.74) is 5.25. The zero-order chi connectivity index (χ0) is 16.6. The Morgan fingerprint density at radius 1 is 1.32 bits per heavy atom. The van der Waals surface area contributed by atoms with Crippen LogP contribution in [-0.2, 0) is 11.3 Å². The van der Waals surface area contributed by atoms with Crippen molar-refractivity contribution in [3.05, 3.63) is 34.0 Å². The number of carbonyl (C=O) groups is 2. The lowest BCUT2D eigenvalue weighted by molar-refractivity contribution is 0.0534. The molecule has 0 atom stereocenters. The van der Waals surface area contributed by atoms with Crippen LogP contribution in [0.2, 0.25) is 0 Å². The Morgan fingerprint density at radius 3 is 2.59 bits per heavy atom. The molecule has 0 unspecified atom stereocenters. The number of ether oxygens (including phenoxy) is 1. The Labute approximate surface area is 134 Å². The van der Waals surface area contributed by atoms with Gasteiger partial charge in [-0.15, -0.1) is 11.3 Å². The van der Waals surface area contributed by atoms with Gasteiger partial charge in [0.1, 0.15) is 5.60 Å². The fraction of sp³-hybridized carbons (Fsp3) is 0.467. The third kappa shape index (κ3) is 7.80. The van der Waals surface area contributed by atoms with Gasteiger partial charge in [0.2, 0.25) is 5.91 Å². The van der Waals surface area contributed by atoms with Crippen LogP contribution in [0, 0.1) is 0 Å². The second-order valence-corrected chi connectivity index (χ2v) is 6.65. The number of hydrogen-bond acceptors (Lipinski definition) is 5. The van der Waals surface area contributed by atoms with Crippen molar-refractivity contribution in [1.82, 2.24) is 10.6 Å². The average Bonchev–Trinajstić information content (AvgIpc) is 2.84. The molecule has 122 valence electrons. The van der Waals surface area contributed by atoms with Crippen LogP contribution in [0.25, 0.3) is 0 Å². The van der Waals surface area contributed by atoms with Gasteiger partial charge in [-0.2, -0.15) is 0 Å². The normalized spacial score (nSPS) is 11.6. The van der Waals surface area contributed by atoms with E-state index < -0.39 is 17.6 Å². The van der Waals surface area contributed by atoms with E-state index in [1.807, 2.05) is 32.9 Å². The summed E-state index contributed by atoms with van der Waals surface area (Å²) in [6.45, 7) is 7.21. The molecular formula is C15H23N3O3S. The zero-order valence-electron chi connectivity index (χ0n) is 13.1. The van der Waals surface area contributed by atoms with Gasteiger partial charge in [0.05, 0.1) is 5.56 Å². The van der Waals surface area contributed by atoms with E-state index in [4.69, 9.17) is 10.5 Å². The number of alkyl carbamates (subject to hydrolysis) is 1. The van der Waals surface area contributed by atoms with Crippen LogP contribution in [0.1, 0.15) is 36.0 Å². The third-order valence-corrected chi connectivity index (χ3v) is 3.37. The number of hydrogen-bond donors (Lipinski definition) is 3. The molecule has 6 nitrogen and oxygen atoms in total. The SMILES string of the molecule is CC(C)(C)OC(=O)NC/C=C/CNCc1cc(C(N)=O)cs1. The van der Waals surface area contributed by atoms with E-state index in [1.54, 1.807) is 11.4 Å². The molecule has 0 spiro atoms. The van der Waals surface area contributed by atoms with Gasteiger partial charge in [-0.25, -0.2) is 4.79 Å². The monoisotopic (exact) mass is 325 g/mol. The first kappa shape index (κ1) is 18.2. The molecule has 0 aliphatic carbocycles. The van der Waals surface area contributed by atoms with E-state index in [-0.39, 0.29) is 0 Å². The van der Waals surface area contributed by atoms with Crippen molar-refractivity contribution in [3.63, 3.8) is 0 Å². The number of nitrogens with two attached hydrogens (primary N) is 1. The molecule has 2 amide bonds. The Hall–Kier alpha value is -1.86. The lowest BCUT2D eigenvalue weighted by Gasteiger charge is -2.19. The van der Waals surface area contributed by atoms with Crippen LogP contribution < -0.4 is 16.4 Å². The fourth-order valence-electron chi connectivity index (χ4n) is 1.50. The molecule has 4 N–H and O–H groups in total. The zero-order valence-corrected chi connectivity index (χ0v) is 14.0. The van der Waals surface area contributed by atoms with Crippen LogP contribution in [-0.4, -0.2) is 30.7 Å². The Morgan fingerprint density at radius 2 is 2.00 bits per heavy atom. The van der Waals surface area contributed by atoms with Crippen LogP contribution in [0.15, 0.2) is 23.6 Å². The number of rotatable bonds is 7. The lowest BCUT2D eigenvalue weighted by Crippen LogP contribution is -2.32. The first-order valence-corrected chi connectivity index (χ1v) is 7.85. The highest BCUT2D eigenvalue weighted by atomic mass is 32.1. The van der Waals surface area contributed by atoms with Crippen molar-refractivity contribution in [2.75, 3.05) is 13.1 Å². The molecule has 1 rings (SSSR count). The number of amides is 2. The third-order valence-electron chi connectivity index (χ3n) is 2.43. The van der Waals surface area contributed by atoms with Gasteiger partial charge in [-0.3, -0.25) is 4.79 Å². The Kier molecular flexibility index (Phi) is 7.07. The van der Waals surface area contributed by atoms with Gasteiger partial charge in [-0.05, 0) is 26.8 Å². The van der Waals surface area contributed by atoms with Gasteiger partial charge >= 0.3 is 6.09 Å². The minimum absolute atomic E-state index is 0.407. The van der Waals surface area contributed by atoms with Crippen molar-refractivity contribution in [3.8, 4) is 0 Å². The summed E-state index contributed by atoms with van der Waals surface area (Å²) in [6.07, 6.45) is 3.34. The lowest BCUT2D eigenvalue weighted by atomic mass is 10.2. The second kappa shape index (κ2) is 8.55. The number of thiophene rings is 1. The minimum atomic E-state index is -0.486. The molecule has 0 bridgehead atoms. The summed E-state index contributed by atoms with van der Waals surface area (Å²) in [5, 5.41) is 7.60. The van der Waals surface area contributed by atoms with Crippen molar-refractivity contribution in [2.24, 2.45) is 5.73 Å². The highest BCUT2D eigenvalue weighted by Gasteiger charge is 2.14. The van der Waals surface area contributed by atoms with Gasteiger partial charge in [0, 0.05) is 29.9 Å². The maximum Gasteiger partial charge on any atom is 0.407 e. The molecule has 1 aromatic rings. The van der Waals surface area contributed by atoms with Gasteiger partial charge in [0.25, 0.3) is 0 Å². The van der Waals surface area contributed by atoms with E-state index in [0.29, 0.717) is 25.2 Å². The highest BCUT2D eigenvalue weighted by molar-refractivity contribution is 7.10. The summed E-state index contributed by atoms with van der Waals surface area (Å²) in [6, 6.07) is 1.79. The smallest absolute Gasteiger partial charge is 0.407 e. The molecule has 1 heterocycles. The molecule has 0 fully saturated rings. The average molecular weight is 325 g/mol. The van der Waals surface area contributed by atoms with Gasteiger partial charge < -0.3 is 21.1 Å². The Balaban J connectivity index is 2.14. The van der Waals surface area contributed by atoms with E-state index in [9.17, 15) is 9.59 Å². The molecule has 1 aromatic heterocycles. The first-order chi connectivity index (χ1) is 10.3. The summed E-state index contributed by atoms with van der Waals surface area (Å²) in [4.78, 5) is 23.4. The molecule has 0 aliphatic heterocycles. The molecular weight excluding hydrogens is 302 g/mol. The van der Waals surface area contributed by atoms with E-state index >= 15 is 0 Å². The summed E-state index contributed by atoms with van der Waals surface area (Å²) in [5.74, 6) is -0.407. The fourth-order valence-corrected chi connectivity index (χ4v) is 2.35. The van der Waals surface area contributed by atoms with Crippen molar-refractivity contribution < 1.29 is 14.3 Å². The summed E-state index contributed by atoms with van der Waals surface area (Å²) >= 11 is 1.49.